The first-order valence-corrected chi connectivity index (χ1v) is 15.8. The van der Waals surface area contributed by atoms with E-state index in [9.17, 15) is 14.8 Å². The molecule has 1 saturated heterocycles. The van der Waals surface area contributed by atoms with Crippen LogP contribution in [-0.4, -0.2) is 66.5 Å². The zero-order valence-electron chi connectivity index (χ0n) is 26.8. The average Bonchev–Trinajstić information content (AvgIpc) is 2.93. The summed E-state index contributed by atoms with van der Waals surface area (Å²) in [6, 6.07) is -0.143. The number of piperazine rings is 1. The highest BCUT2D eigenvalue weighted by molar-refractivity contribution is 5.83. The summed E-state index contributed by atoms with van der Waals surface area (Å²) in [4.78, 5) is 30.2. The molecule has 1 saturated carbocycles. The van der Waals surface area contributed by atoms with Crippen molar-refractivity contribution in [3.63, 3.8) is 0 Å². The molecule has 2 fully saturated rings. The second kappa shape index (κ2) is 22.9. The maximum absolute atomic E-state index is 13.4. The van der Waals surface area contributed by atoms with Gasteiger partial charge in [-0.2, -0.15) is 0 Å². The van der Waals surface area contributed by atoms with E-state index in [0.29, 0.717) is 32.1 Å². The van der Waals surface area contributed by atoms with Crippen molar-refractivity contribution in [1.29, 1.82) is 0 Å². The number of allylic oxidation sites excluding steroid dienone is 1. The normalized spacial score (nSPS) is 19.2. The number of nitrogens with zero attached hydrogens (tertiary/aromatic N) is 1. The van der Waals surface area contributed by atoms with Crippen molar-refractivity contribution in [3.05, 3.63) is 11.8 Å². The van der Waals surface area contributed by atoms with E-state index in [-0.39, 0.29) is 17.2 Å². The van der Waals surface area contributed by atoms with Crippen LogP contribution >= 0.6 is 0 Å². The molecule has 3 atom stereocenters. The molecule has 1 aliphatic heterocycles. The van der Waals surface area contributed by atoms with Gasteiger partial charge in [0.2, 0.25) is 11.8 Å². The summed E-state index contributed by atoms with van der Waals surface area (Å²) in [7, 11) is 0. The molecule has 0 bridgehead atoms. The van der Waals surface area contributed by atoms with Crippen LogP contribution in [0, 0.1) is 5.41 Å². The summed E-state index contributed by atoms with van der Waals surface area (Å²) in [5.74, 6) is 0.0362. The molecule has 0 spiro atoms. The molecule has 0 radical (unpaired) electrons. The third-order valence-corrected chi connectivity index (χ3v) is 7.11. The molecule has 2 rings (SSSR count). The van der Waals surface area contributed by atoms with Gasteiger partial charge in [-0.05, 0) is 31.6 Å². The first-order valence-electron chi connectivity index (χ1n) is 15.8. The average molecular weight is 570 g/mol. The van der Waals surface area contributed by atoms with Crippen LogP contribution in [0.15, 0.2) is 11.8 Å². The predicted molar refractivity (Wildman–Crippen MR) is 166 cm³/mol. The van der Waals surface area contributed by atoms with Crippen LogP contribution in [0.25, 0.3) is 0 Å². The van der Waals surface area contributed by atoms with Gasteiger partial charge in [0.15, 0.2) is 6.23 Å². The Labute approximate surface area is 245 Å². The van der Waals surface area contributed by atoms with Gasteiger partial charge in [0.05, 0.1) is 6.54 Å². The van der Waals surface area contributed by atoms with Crippen LogP contribution in [0.2, 0.25) is 0 Å². The third-order valence-electron chi connectivity index (χ3n) is 7.11. The fourth-order valence-corrected chi connectivity index (χ4v) is 4.74. The summed E-state index contributed by atoms with van der Waals surface area (Å²) in [5, 5.41) is 18.4. The van der Waals surface area contributed by atoms with Gasteiger partial charge in [0, 0.05) is 31.4 Å². The Kier molecular flexibility index (Phi) is 22.0. The number of unbranched alkanes of at least 4 members (excludes halogenated alkanes) is 3. The highest BCUT2D eigenvalue weighted by Crippen LogP contribution is 2.24. The van der Waals surface area contributed by atoms with E-state index in [0.717, 1.165) is 44.3 Å². The molecule has 40 heavy (non-hydrogen) atoms. The van der Waals surface area contributed by atoms with Gasteiger partial charge in [-0.25, -0.2) is 10.1 Å². The lowest BCUT2D eigenvalue weighted by Gasteiger charge is -2.38. The van der Waals surface area contributed by atoms with Gasteiger partial charge < -0.3 is 26.6 Å². The zero-order chi connectivity index (χ0) is 30.4. The quantitative estimate of drug-likeness (QED) is 0.0879. The number of carbonyl (C=O) groups is 2. The minimum Gasteiger partial charge on any atom is -0.376 e. The van der Waals surface area contributed by atoms with E-state index in [2.05, 4.69) is 27.8 Å². The standard InChI is InChI=1S/C20H41N3O3.C6H12.C5H10N2O/c1-7-10-11-12-14-23(17(9-3)26-25)19(24)18(20(4,5)6)22-16(15-21)13-8-2;1-2-4-6-5-3-1;1-4-2-6-3-5(8)7-4/h13,17-18,22,25H,7-12,14-15,21H2,1-6H3;1-6H2;4,6H,2-3H2,1H3,(H,7,8)/b16-13+;;. The van der Waals surface area contributed by atoms with Crippen LogP contribution < -0.4 is 21.7 Å². The number of hydrogen-bond acceptors (Lipinski definition) is 7. The SMILES string of the molecule is C1CCCCC1.CC/C=C(\CN)NC(C(=O)N(CCCCCC)C(CC)OO)C(C)(C)C.CC1CNCC(=O)N1. The fraction of sp³-hybridized carbons (Fsp3) is 0.871. The maximum atomic E-state index is 13.4. The van der Waals surface area contributed by atoms with E-state index >= 15 is 0 Å². The van der Waals surface area contributed by atoms with Crippen molar-refractivity contribution in [3.8, 4) is 0 Å². The highest BCUT2D eigenvalue weighted by atomic mass is 17.1. The van der Waals surface area contributed by atoms with Crippen LogP contribution in [0.1, 0.15) is 126 Å². The first kappa shape index (κ1) is 38.3. The van der Waals surface area contributed by atoms with Gasteiger partial charge in [-0.15, -0.1) is 0 Å². The number of nitrogens with two attached hydrogens (primary N) is 1. The Bertz CT molecular complexity index is 676. The molecular formula is C31H63N5O4. The van der Waals surface area contributed by atoms with Crippen molar-refractivity contribution in [2.24, 2.45) is 11.1 Å². The molecule has 6 N–H and O–H groups in total. The summed E-state index contributed by atoms with van der Waals surface area (Å²) in [5.41, 5.74) is 6.39. The molecule has 236 valence electrons. The van der Waals surface area contributed by atoms with Gasteiger partial charge in [0.25, 0.3) is 0 Å². The zero-order valence-corrected chi connectivity index (χ0v) is 26.8. The second-order valence-electron chi connectivity index (χ2n) is 12.1. The molecular weight excluding hydrogens is 506 g/mol. The Hall–Kier alpha value is -1.68. The Morgan fingerprint density at radius 2 is 1.73 bits per heavy atom. The monoisotopic (exact) mass is 569 g/mol. The first-order chi connectivity index (χ1) is 19.0. The van der Waals surface area contributed by atoms with Gasteiger partial charge in [0.1, 0.15) is 6.04 Å². The molecule has 2 amide bonds. The third kappa shape index (κ3) is 17.2. The molecule has 9 heteroatoms. The Morgan fingerprint density at radius 3 is 2.10 bits per heavy atom. The smallest absolute Gasteiger partial charge is 0.247 e. The van der Waals surface area contributed by atoms with Crippen molar-refractivity contribution in [2.45, 2.75) is 144 Å². The van der Waals surface area contributed by atoms with Crippen molar-refractivity contribution >= 4 is 11.8 Å². The Morgan fingerprint density at radius 1 is 1.12 bits per heavy atom. The lowest BCUT2D eigenvalue weighted by Crippen LogP contribution is -2.56. The minimum absolute atomic E-state index is 0.0645. The maximum Gasteiger partial charge on any atom is 0.247 e. The molecule has 0 aromatic heterocycles. The lowest BCUT2D eigenvalue weighted by molar-refractivity contribution is -0.309. The van der Waals surface area contributed by atoms with E-state index in [4.69, 9.17) is 5.73 Å². The Balaban J connectivity index is 0.000000863. The number of carbonyl (C=O) groups excluding carboxylic acids is 2. The van der Waals surface area contributed by atoms with Crippen LogP contribution in [0.4, 0.5) is 0 Å². The van der Waals surface area contributed by atoms with Gasteiger partial charge in [-0.1, -0.05) is 105 Å². The molecule has 9 nitrogen and oxygen atoms in total. The van der Waals surface area contributed by atoms with Crippen LogP contribution in [-0.2, 0) is 14.5 Å². The fourth-order valence-electron chi connectivity index (χ4n) is 4.74. The predicted octanol–water partition coefficient (Wildman–Crippen LogP) is 5.31. The van der Waals surface area contributed by atoms with Gasteiger partial charge in [-0.3, -0.25) is 9.59 Å². The minimum atomic E-state index is -0.632. The van der Waals surface area contributed by atoms with Gasteiger partial charge >= 0.3 is 0 Å². The van der Waals surface area contributed by atoms with Crippen molar-refractivity contribution in [1.82, 2.24) is 20.9 Å². The summed E-state index contributed by atoms with van der Waals surface area (Å²) >= 11 is 0. The number of hydrogen-bond donors (Lipinski definition) is 5. The topological polar surface area (TPSA) is 129 Å². The molecule has 3 unspecified atom stereocenters. The molecule has 2 aliphatic rings. The second-order valence-corrected chi connectivity index (χ2v) is 12.1. The number of amides is 2. The summed E-state index contributed by atoms with van der Waals surface area (Å²) in [6.45, 7) is 16.4. The molecule has 0 aromatic carbocycles. The van der Waals surface area contributed by atoms with Crippen LogP contribution in [0.3, 0.4) is 0 Å². The number of rotatable bonds is 13. The largest absolute Gasteiger partial charge is 0.376 e. The summed E-state index contributed by atoms with van der Waals surface area (Å²) < 4.78 is 0. The van der Waals surface area contributed by atoms with E-state index < -0.39 is 12.3 Å². The van der Waals surface area contributed by atoms with E-state index in [1.807, 2.05) is 47.6 Å². The summed E-state index contributed by atoms with van der Waals surface area (Å²) in [6.07, 6.45) is 16.0. The van der Waals surface area contributed by atoms with Crippen LogP contribution in [0.5, 0.6) is 0 Å². The van der Waals surface area contributed by atoms with Crippen molar-refractivity contribution in [2.75, 3.05) is 26.2 Å². The van der Waals surface area contributed by atoms with E-state index in [1.165, 1.54) is 38.5 Å². The highest BCUT2D eigenvalue weighted by Gasteiger charge is 2.37. The van der Waals surface area contributed by atoms with Crippen molar-refractivity contribution < 1.29 is 19.7 Å². The molecule has 0 aromatic rings. The lowest BCUT2D eigenvalue weighted by atomic mass is 9.85. The molecule has 1 heterocycles. The van der Waals surface area contributed by atoms with E-state index in [1.54, 1.807) is 4.90 Å². The molecule has 1 aliphatic carbocycles. The number of nitrogens with one attached hydrogen (secondary N) is 3.